The normalized spacial score (nSPS) is 13.0. The third kappa shape index (κ3) is 4.86. The molecule has 0 N–H and O–H groups in total. The molecular weight excluding hydrogens is 719 g/mol. The molecule has 0 saturated carbocycles. The van der Waals surface area contributed by atoms with Gasteiger partial charge < -0.3 is 9.32 Å². The van der Waals surface area contributed by atoms with Gasteiger partial charge in [-0.1, -0.05) is 133 Å². The van der Waals surface area contributed by atoms with Crippen LogP contribution in [0.15, 0.2) is 180 Å². The zero-order valence-corrected chi connectivity index (χ0v) is 32.0. The number of rotatable bonds is 5. The van der Waals surface area contributed by atoms with Crippen molar-refractivity contribution in [1.82, 2.24) is 0 Å². The molecule has 0 radical (unpaired) electrons. The van der Waals surface area contributed by atoms with Crippen LogP contribution in [-0.2, 0) is 6.42 Å². The first-order valence-electron chi connectivity index (χ1n) is 19.2. The molecule has 4 heteroatoms. The fourth-order valence-corrected chi connectivity index (χ4v) is 11.5. The van der Waals surface area contributed by atoms with Crippen molar-refractivity contribution < 1.29 is 4.42 Å². The second-order valence-corrected chi connectivity index (χ2v) is 16.8. The molecular formula is C52H33NOS2. The van der Waals surface area contributed by atoms with Gasteiger partial charge in [-0.05, 0) is 88.2 Å². The van der Waals surface area contributed by atoms with E-state index < -0.39 is 0 Å². The minimum Gasteiger partial charge on any atom is -0.455 e. The van der Waals surface area contributed by atoms with Crippen molar-refractivity contribution in [3.63, 3.8) is 0 Å². The highest BCUT2D eigenvalue weighted by molar-refractivity contribution is 7.26. The van der Waals surface area contributed by atoms with E-state index in [0.717, 1.165) is 57.3 Å². The highest BCUT2D eigenvalue weighted by atomic mass is 32.1. The Morgan fingerprint density at radius 1 is 0.500 bits per heavy atom. The van der Waals surface area contributed by atoms with Gasteiger partial charge in [0.25, 0.3) is 0 Å². The predicted octanol–water partition coefficient (Wildman–Crippen LogP) is 15.8. The van der Waals surface area contributed by atoms with Crippen LogP contribution in [0.5, 0.6) is 0 Å². The lowest BCUT2D eigenvalue weighted by Gasteiger charge is -2.32. The van der Waals surface area contributed by atoms with Gasteiger partial charge in [-0.15, -0.1) is 22.7 Å². The molecule has 3 aromatic heterocycles. The second-order valence-electron chi connectivity index (χ2n) is 14.7. The standard InChI is InChI=1S/C52H33NOS2/c1-2-13-34-31-47-44(30-33(34)12-1)41-19-10-18-40(50(41)54-47)37-14-3-6-22-45(37)53(46-23-11-21-43-39-16-5-8-25-49(39)56-52(43)46)35-28-26-32(27-29-35)36-17-9-20-42-38-15-4-7-24-48(38)55-51(36)42/h1-10,12-20,22-31H,11,21H2. The molecule has 2 nitrogen and oxygen atoms in total. The van der Waals surface area contributed by atoms with Crippen molar-refractivity contribution in [2.24, 2.45) is 0 Å². The lowest BCUT2D eigenvalue weighted by molar-refractivity contribution is 0.670. The molecule has 0 aliphatic heterocycles. The number of aryl methyl sites for hydroxylation is 1. The molecule has 1 aliphatic rings. The van der Waals surface area contributed by atoms with Crippen LogP contribution in [0, 0.1) is 0 Å². The summed E-state index contributed by atoms with van der Waals surface area (Å²) in [5.41, 5.74) is 11.5. The van der Waals surface area contributed by atoms with E-state index in [1.165, 1.54) is 68.3 Å². The topological polar surface area (TPSA) is 16.4 Å². The zero-order valence-electron chi connectivity index (χ0n) is 30.3. The van der Waals surface area contributed by atoms with Crippen molar-refractivity contribution in [2.75, 3.05) is 4.90 Å². The molecule has 8 aromatic carbocycles. The monoisotopic (exact) mass is 751 g/mol. The molecule has 0 bridgehead atoms. The summed E-state index contributed by atoms with van der Waals surface area (Å²) in [6.07, 6.45) is 4.48. The Morgan fingerprint density at radius 2 is 1.16 bits per heavy atom. The molecule has 0 unspecified atom stereocenters. The quantitative estimate of drug-likeness (QED) is 0.174. The van der Waals surface area contributed by atoms with Crippen molar-refractivity contribution in [2.45, 2.75) is 12.8 Å². The van der Waals surface area contributed by atoms with E-state index in [9.17, 15) is 0 Å². The SMILES string of the molecule is C1=C(N(c2ccc(-c3cccc4c3sc3ccccc34)cc2)c2ccccc2-c2cccc3c2oc2cc4ccccc4cc23)c2sc3ccccc3c2CC1. The van der Waals surface area contributed by atoms with E-state index in [1.807, 2.05) is 22.7 Å². The number of anilines is 2. The molecule has 12 rings (SSSR count). The average Bonchev–Trinajstić information content (AvgIpc) is 3.95. The van der Waals surface area contributed by atoms with Gasteiger partial charge in [-0.2, -0.15) is 0 Å². The molecule has 0 atom stereocenters. The van der Waals surface area contributed by atoms with Gasteiger partial charge in [-0.25, -0.2) is 0 Å². The fourth-order valence-electron chi connectivity index (χ4n) is 8.96. The van der Waals surface area contributed by atoms with E-state index in [4.69, 9.17) is 4.42 Å². The van der Waals surface area contributed by atoms with E-state index in [0.29, 0.717) is 0 Å². The van der Waals surface area contributed by atoms with Crippen LogP contribution in [0.4, 0.5) is 11.4 Å². The first-order valence-corrected chi connectivity index (χ1v) is 20.9. The highest BCUT2D eigenvalue weighted by Gasteiger charge is 2.27. The van der Waals surface area contributed by atoms with Gasteiger partial charge in [0.15, 0.2) is 0 Å². The molecule has 11 aromatic rings. The van der Waals surface area contributed by atoms with Crippen LogP contribution in [0.3, 0.4) is 0 Å². The second kappa shape index (κ2) is 12.5. The van der Waals surface area contributed by atoms with Gasteiger partial charge in [0, 0.05) is 52.5 Å². The summed E-state index contributed by atoms with van der Waals surface area (Å²) in [6, 6.07) is 62.0. The van der Waals surface area contributed by atoms with Crippen LogP contribution in [0.25, 0.3) is 90.9 Å². The first kappa shape index (κ1) is 31.8. The van der Waals surface area contributed by atoms with Crippen LogP contribution in [0.1, 0.15) is 16.9 Å². The molecule has 264 valence electrons. The molecule has 0 fully saturated rings. The summed E-state index contributed by atoms with van der Waals surface area (Å²) in [5, 5.41) is 8.69. The Labute approximate surface area is 331 Å². The van der Waals surface area contributed by atoms with Crippen molar-refractivity contribution in [3.8, 4) is 22.3 Å². The number of thiophene rings is 2. The fraction of sp³-hybridized carbons (Fsp3) is 0.0385. The molecule has 0 amide bonds. The number of furan rings is 1. The zero-order chi connectivity index (χ0) is 36.7. The Bertz CT molecular complexity index is 3380. The maximum Gasteiger partial charge on any atom is 0.143 e. The number of hydrogen-bond acceptors (Lipinski definition) is 4. The van der Waals surface area contributed by atoms with Gasteiger partial charge in [0.05, 0.1) is 16.3 Å². The smallest absolute Gasteiger partial charge is 0.143 e. The van der Waals surface area contributed by atoms with Gasteiger partial charge in [0.1, 0.15) is 11.2 Å². The number of benzene rings is 8. The Morgan fingerprint density at radius 3 is 2.02 bits per heavy atom. The van der Waals surface area contributed by atoms with Crippen molar-refractivity contribution in [3.05, 3.63) is 186 Å². The lowest BCUT2D eigenvalue weighted by Crippen LogP contribution is -2.18. The molecule has 3 heterocycles. The maximum absolute atomic E-state index is 6.82. The number of nitrogens with zero attached hydrogens (tertiary/aromatic N) is 1. The summed E-state index contributed by atoms with van der Waals surface area (Å²) >= 11 is 3.79. The molecule has 0 spiro atoms. The third-order valence-corrected chi connectivity index (χ3v) is 14.0. The average molecular weight is 752 g/mol. The summed E-state index contributed by atoms with van der Waals surface area (Å²) in [5.74, 6) is 0. The minimum atomic E-state index is 0.912. The lowest BCUT2D eigenvalue weighted by atomic mass is 9.95. The van der Waals surface area contributed by atoms with Crippen LogP contribution in [0.2, 0.25) is 0 Å². The Kier molecular flexibility index (Phi) is 7.13. The number of fused-ring (bicyclic) bond motifs is 10. The first-order chi connectivity index (χ1) is 27.8. The van der Waals surface area contributed by atoms with Gasteiger partial charge in [-0.3, -0.25) is 0 Å². The largest absolute Gasteiger partial charge is 0.455 e. The van der Waals surface area contributed by atoms with E-state index >= 15 is 0 Å². The number of hydrogen-bond donors (Lipinski definition) is 0. The maximum atomic E-state index is 6.82. The van der Waals surface area contributed by atoms with Crippen LogP contribution < -0.4 is 4.90 Å². The third-order valence-electron chi connectivity index (χ3n) is 11.5. The summed E-state index contributed by atoms with van der Waals surface area (Å²) in [6.45, 7) is 0. The van der Waals surface area contributed by atoms with Gasteiger partial charge >= 0.3 is 0 Å². The Hall–Kier alpha value is -6.46. The molecule has 0 saturated heterocycles. The van der Waals surface area contributed by atoms with Crippen molar-refractivity contribution >= 4 is 103 Å². The predicted molar refractivity (Wildman–Crippen MR) is 242 cm³/mol. The number of allylic oxidation sites excluding steroid dienone is 1. The van der Waals surface area contributed by atoms with Crippen LogP contribution >= 0.6 is 22.7 Å². The molecule has 56 heavy (non-hydrogen) atoms. The summed E-state index contributed by atoms with van der Waals surface area (Å²) in [7, 11) is 0. The Balaban J connectivity index is 1.06. The van der Waals surface area contributed by atoms with E-state index in [-0.39, 0.29) is 0 Å². The number of para-hydroxylation sites is 2. The van der Waals surface area contributed by atoms with Crippen molar-refractivity contribution in [1.29, 1.82) is 0 Å². The van der Waals surface area contributed by atoms with Crippen LogP contribution in [-0.4, -0.2) is 0 Å². The highest BCUT2D eigenvalue weighted by Crippen LogP contribution is 2.49. The molecule has 1 aliphatic carbocycles. The summed E-state index contributed by atoms with van der Waals surface area (Å²) in [4.78, 5) is 3.85. The summed E-state index contributed by atoms with van der Waals surface area (Å²) < 4.78 is 10.8. The van der Waals surface area contributed by atoms with Gasteiger partial charge in [0.2, 0.25) is 0 Å². The van der Waals surface area contributed by atoms with E-state index in [1.54, 1.807) is 0 Å². The minimum absolute atomic E-state index is 0.912. The van der Waals surface area contributed by atoms with E-state index in [2.05, 4.69) is 181 Å².